The molecular weight excluding hydrogens is 593 g/mol. The molecule has 0 aliphatic heterocycles. The zero-order valence-electron chi connectivity index (χ0n) is 24.7. The molecule has 0 heterocycles. The molecule has 2 amide bonds. The minimum absolute atomic E-state index is 0.0401. The Kier molecular flexibility index (Phi) is 11.9. The topological polar surface area (TPSA) is 86.8 Å². The molecule has 3 rings (SSSR count). The fourth-order valence-corrected chi connectivity index (χ4v) is 6.09. The number of hydrogen-bond acceptors (Lipinski definition) is 4. The second kappa shape index (κ2) is 14.9. The van der Waals surface area contributed by atoms with Crippen LogP contribution in [0.15, 0.2) is 66.7 Å². The van der Waals surface area contributed by atoms with E-state index in [0.717, 1.165) is 22.3 Å². The maximum absolute atomic E-state index is 13.9. The van der Waals surface area contributed by atoms with E-state index in [0.29, 0.717) is 22.2 Å². The van der Waals surface area contributed by atoms with E-state index < -0.39 is 16.1 Å². The molecule has 1 N–H and O–H groups in total. The van der Waals surface area contributed by atoms with Crippen molar-refractivity contribution >= 4 is 50.7 Å². The molecule has 0 fully saturated rings. The lowest BCUT2D eigenvalue weighted by Crippen LogP contribution is -2.51. The number of amides is 2. The Bertz CT molecular complexity index is 1500. The van der Waals surface area contributed by atoms with E-state index in [1.807, 2.05) is 70.2 Å². The van der Waals surface area contributed by atoms with Crippen molar-refractivity contribution < 1.29 is 18.0 Å². The molecule has 226 valence electrons. The maximum atomic E-state index is 13.9. The lowest BCUT2D eigenvalue weighted by Gasteiger charge is -2.32. The smallest absolute Gasteiger partial charge is 0.243 e. The minimum atomic E-state index is -3.60. The molecule has 0 radical (unpaired) electrons. The first-order valence-corrected chi connectivity index (χ1v) is 16.5. The summed E-state index contributed by atoms with van der Waals surface area (Å²) in [5, 5.41) is 3.71. The van der Waals surface area contributed by atoms with Crippen LogP contribution in [0.2, 0.25) is 10.0 Å². The summed E-state index contributed by atoms with van der Waals surface area (Å²) < 4.78 is 26.9. The zero-order valence-corrected chi connectivity index (χ0v) is 27.1. The average Bonchev–Trinajstić information content (AvgIpc) is 2.92. The van der Waals surface area contributed by atoms with Crippen molar-refractivity contribution in [2.75, 3.05) is 17.1 Å². The number of sulfonamides is 1. The molecule has 3 aromatic carbocycles. The van der Waals surface area contributed by atoms with Crippen LogP contribution in [0.1, 0.15) is 48.9 Å². The first kappa shape index (κ1) is 33.4. The molecule has 0 saturated carbocycles. The Balaban J connectivity index is 1.92. The third-order valence-electron chi connectivity index (χ3n) is 7.04. The van der Waals surface area contributed by atoms with Crippen LogP contribution in [0.4, 0.5) is 5.69 Å². The second-order valence-corrected chi connectivity index (χ2v) is 13.5. The molecule has 42 heavy (non-hydrogen) atoms. The third kappa shape index (κ3) is 9.21. The third-order valence-corrected chi connectivity index (χ3v) is 8.95. The molecule has 0 bridgehead atoms. The van der Waals surface area contributed by atoms with E-state index in [4.69, 9.17) is 23.2 Å². The summed E-state index contributed by atoms with van der Waals surface area (Å²) in [7, 11) is -3.60. The van der Waals surface area contributed by atoms with Gasteiger partial charge in [0.15, 0.2) is 0 Å². The van der Waals surface area contributed by atoms with Gasteiger partial charge in [-0.15, -0.1) is 0 Å². The molecule has 0 aliphatic carbocycles. The molecule has 10 heteroatoms. The lowest BCUT2D eigenvalue weighted by atomic mass is 10.0. The number of hydrogen-bond donors (Lipinski definition) is 1. The maximum Gasteiger partial charge on any atom is 0.243 e. The highest BCUT2D eigenvalue weighted by atomic mass is 35.5. The van der Waals surface area contributed by atoms with Crippen molar-refractivity contribution in [1.82, 2.24) is 10.2 Å². The number of nitrogens with one attached hydrogen (secondary N) is 1. The van der Waals surface area contributed by atoms with Crippen molar-refractivity contribution in [3.8, 4) is 0 Å². The number of carbonyl (C=O) groups is 2. The highest BCUT2D eigenvalue weighted by molar-refractivity contribution is 7.92. The molecule has 0 aliphatic rings. The van der Waals surface area contributed by atoms with Crippen LogP contribution in [0.3, 0.4) is 0 Å². The number of nitrogens with zero attached hydrogens (tertiary/aromatic N) is 2. The molecule has 0 aromatic heterocycles. The van der Waals surface area contributed by atoms with Crippen LogP contribution in [0, 0.1) is 13.8 Å². The predicted octanol–water partition coefficient (Wildman–Crippen LogP) is 6.32. The summed E-state index contributed by atoms with van der Waals surface area (Å²) in [6.45, 7) is 7.81. The van der Waals surface area contributed by atoms with Crippen LogP contribution >= 0.6 is 23.2 Å². The van der Waals surface area contributed by atoms with E-state index >= 15 is 0 Å². The minimum Gasteiger partial charge on any atom is -0.352 e. The Hall–Kier alpha value is -3.07. The Labute approximate surface area is 259 Å². The van der Waals surface area contributed by atoms with E-state index in [2.05, 4.69) is 5.32 Å². The molecule has 1 atom stereocenters. The first-order valence-electron chi connectivity index (χ1n) is 13.9. The van der Waals surface area contributed by atoms with Gasteiger partial charge in [0.25, 0.3) is 0 Å². The summed E-state index contributed by atoms with van der Waals surface area (Å²) in [6, 6.07) is 19.3. The Morgan fingerprint density at radius 2 is 1.60 bits per heavy atom. The number of rotatable bonds is 13. The fourth-order valence-electron chi connectivity index (χ4n) is 4.76. The molecular formula is C32H39Cl2N3O4S. The standard InChI is InChI=1S/C32H39Cl2N3O4S/c1-22(2)35-32(39)30(20-25-12-7-6-8-13-25)36(21-26-16-17-27(33)28(34)19-26)31(38)15-10-18-37(42(5,40)41)29-14-9-11-23(3)24(29)4/h6-9,11-14,16-17,19,22,30H,10,15,18,20-21H2,1-5H3,(H,35,39)/t30-/m0/s1. The van der Waals surface area contributed by atoms with Crippen molar-refractivity contribution in [2.24, 2.45) is 0 Å². The highest BCUT2D eigenvalue weighted by Crippen LogP contribution is 2.27. The normalized spacial score (nSPS) is 12.2. The van der Waals surface area contributed by atoms with Crippen LogP contribution < -0.4 is 9.62 Å². The number of carbonyl (C=O) groups excluding carboxylic acids is 2. The summed E-state index contributed by atoms with van der Waals surface area (Å²) in [6.07, 6.45) is 1.78. The predicted molar refractivity (Wildman–Crippen MR) is 172 cm³/mol. The van der Waals surface area contributed by atoms with Gasteiger partial charge in [-0.3, -0.25) is 13.9 Å². The van der Waals surface area contributed by atoms with E-state index in [9.17, 15) is 18.0 Å². The fraction of sp³-hybridized carbons (Fsp3) is 0.375. The van der Waals surface area contributed by atoms with Crippen LogP contribution in [0.25, 0.3) is 0 Å². The van der Waals surface area contributed by atoms with Gasteiger partial charge in [-0.2, -0.15) is 0 Å². The van der Waals surface area contributed by atoms with Crippen LogP contribution in [-0.4, -0.2) is 50.0 Å². The van der Waals surface area contributed by atoms with Gasteiger partial charge >= 0.3 is 0 Å². The molecule has 0 unspecified atom stereocenters. The molecule has 3 aromatic rings. The highest BCUT2D eigenvalue weighted by Gasteiger charge is 2.31. The summed E-state index contributed by atoms with van der Waals surface area (Å²) in [5.41, 5.74) is 4.07. The largest absolute Gasteiger partial charge is 0.352 e. The van der Waals surface area contributed by atoms with Crippen LogP contribution in [0.5, 0.6) is 0 Å². The summed E-state index contributed by atoms with van der Waals surface area (Å²) in [4.78, 5) is 29.0. The zero-order chi connectivity index (χ0) is 31.0. The van der Waals surface area contributed by atoms with E-state index in [1.54, 1.807) is 29.2 Å². The monoisotopic (exact) mass is 631 g/mol. The molecule has 0 saturated heterocycles. The summed E-state index contributed by atoms with van der Waals surface area (Å²) in [5.74, 6) is -0.536. The average molecular weight is 633 g/mol. The second-order valence-electron chi connectivity index (χ2n) is 10.8. The van der Waals surface area contributed by atoms with Crippen molar-refractivity contribution in [2.45, 2.75) is 65.6 Å². The van der Waals surface area contributed by atoms with Crippen molar-refractivity contribution in [3.63, 3.8) is 0 Å². The quantitative estimate of drug-likeness (QED) is 0.239. The van der Waals surface area contributed by atoms with Crippen molar-refractivity contribution in [1.29, 1.82) is 0 Å². The van der Waals surface area contributed by atoms with Gasteiger partial charge in [-0.05, 0) is 74.6 Å². The van der Waals surface area contributed by atoms with Gasteiger partial charge in [0, 0.05) is 32.0 Å². The van der Waals surface area contributed by atoms with Gasteiger partial charge < -0.3 is 10.2 Å². The number of aryl methyl sites for hydroxylation is 1. The molecule has 0 spiro atoms. The van der Waals surface area contributed by atoms with Crippen molar-refractivity contribution in [3.05, 3.63) is 99.0 Å². The number of benzene rings is 3. The van der Waals surface area contributed by atoms with Crippen LogP contribution in [-0.2, 0) is 32.6 Å². The number of anilines is 1. The van der Waals surface area contributed by atoms with Gasteiger partial charge in [0.1, 0.15) is 6.04 Å². The van der Waals surface area contributed by atoms with Gasteiger partial charge in [0.2, 0.25) is 21.8 Å². The van der Waals surface area contributed by atoms with E-state index in [-0.39, 0.29) is 43.8 Å². The SMILES string of the molecule is Cc1cccc(N(CCCC(=O)N(Cc2ccc(Cl)c(Cl)c2)[C@@H](Cc2ccccc2)C(=O)NC(C)C)S(C)(=O)=O)c1C. The number of halogens is 2. The van der Waals surface area contributed by atoms with Gasteiger partial charge in [-0.25, -0.2) is 8.42 Å². The Morgan fingerprint density at radius 1 is 0.905 bits per heavy atom. The van der Waals surface area contributed by atoms with Gasteiger partial charge in [0.05, 0.1) is 22.0 Å². The molecule has 7 nitrogen and oxygen atoms in total. The first-order chi connectivity index (χ1) is 19.8. The lowest BCUT2D eigenvalue weighted by molar-refractivity contribution is -0.141. The summed E-state index contributed by atoms with van der Waals surface area (Å²) >= 11 is 12.4. The Morgan fingerprint density at radius 3 is 2.21 bits per heavy atom. The van der Waals surface area contributed by atoms with Gasteiger partial charge in [-0.1, -0.05) is 71.7 Å². The van der Waals surface area contributed by atoms with E-state index in [1.165, 1.54) is 10.6 Å².